The fourth-order valence-corrected chi connectivity index (χ4v) is 4.64. The molecular weight excluding hydrogens is 470 g/mol. The minimum atomic E-state index is -0.0509. The summed E-state index contributed by atoms with van der Waals surface area (Å²) in [6.45, 7) is 2.39. The number of carbonyl (C=O) groups is 2. The largest absolute Gasteiger partial charge is 0.496 e. The van der Waals surface area contributed by atoms with Crippen LogP contribution in [0.5, 0.6) is 17.2 Å². The molecule has 0 radical (unpaired) electrons. The van der Waals surface area contributed by atoms with E-state index in [0.717, 1.165) is 35.6 Å². The van der Waals surface area contributed by atoms with Crippen molar-refractivity contribution in [2.24, 2.45) is 5.92 Å². The highest BCUT2D eigenvalue weighted by atomic mass is 16.5. The molecule has 1 heterocycles. The number of rotatable bonds is 12. The van der Waals surface area contributed by atoms with Crippen LogP contribution in [0.3, 0.4) is 0 Å². The van der Waals surface area contributed by atoms with Gasteiger partial charge in [0.05, 0.1) is 33.8 Å². The lowest BCUT2D eigenvalue weighted by atomic mass is 10.1. The normalized spacial score (nSPS) is 15.5. The summed E-state index contributed by atoms with van der Waals surface area (Å²) in [7, 11) is 6.74. The molecule has 2 aromatic carbocycles. The molecule has 1 saturated heterocycles. The highest BCUT2D eigenvalue weighted by Crippen LogP contribution is 2.35. The van der Waals surface area contributed by atoms with E-state index in [-0.39, 0.29) is 11.9 Å². The maximum atomic E-state index is 13.5. The number of ether oxygens (including phenoxy) is 3. The smallest absolute Gasteiger partial charge is 0.324 e. The first kappa shape index (κ1) is 26.6. The van der Waals surface area contributed by atoms with Crippen LogP contribution < -0.4 is 19.1 Å². The number of urea groups is 1. The fourth-order valence-electron chi connectivity index (χ4n) is 4.64. The number of methoxy groups -OCH3 is 2. The number of carbonyl (C=O) groups excluding carboxylic acids is 2. The van der Waals surface area contributed by atoms with Gasteiger partial charge in [0.1, 0.15) is 5.75 Å². The highest BCUT2D eigenvalue weighted by Gasteiger charge is 2.28. The van der Waals surface area contributed by atoms with E-state index in [0.29, 0.717) is 49.9 Å². The minimum Gasteiger partial charge on any atom is -0.496 e. The average molecular weight is 510 g/mol. The summed E-state index contributed by atoms with van der Waals surface area (Å²) in [5.74, 6) is 2.94. The van der Waals surface area contributed by atoms with Gasteiger partial charge >= 0.3 is 6.03 Å². The van der Waals surface area contributed by atoms with Gasteiger partial charge in [-0.2, -0.15) is 0 Å². The number of benzene rings is 2. The molecule has 0 unspecified atom stereocenters. The van der Waals surface area contributed by atoms with Gasteiger partial charge in [-0.15, -0.1) is 0 Å². The number of amides is 3. The summed E-state index contributed by atoms with van der Waals surface area (Å²) in [5.41, 5.74) is 2.60. The van der Waals surface area contributed by atoms with Crippen molar-refractivity contribution >= 4 is 17.6 Å². The molecule has 4 rings (SSSR count). The quantitative estimate of drug-likeness (QED) is 0.387. The third-order valence-corrected chi connectivity index (χ3v) is 7.05. The van der Waals surface area contributed by atoms with Crippen molar-refractivity contribution in [3.8, 4) is 17.2 Å². The lowest BCUT2D eigenvalue weighted by molar-refractivity contribution is -0.127. The molecule has 8 heteroatoms. The molecule has 200 valence electrons. The summed E-state index contributed by atoms with van der Waals surface area (Å²) in [5, 5.41) is 0. The summed E-state index contributed by atoms with van der Waals surface area (Å²) < 4.78 is 17.2. The Morgan fingerprint density at radius 1 is 1.00 bits per heavy atom. The maximum Gasteiger partial charge on any atom is 0.324 e. The molecular formula is C29H39N3O5. The van der Waals surface area contributed by atoms with Crippen LogP contribution in [-0.4, -0.2) is 69.7 Å². The fraction of sp³-hybridized carbons (Fsp3) is 0.517. The van der Waals surface area contributed by atoms with Gasteiger partial charge in [-0.1, -0.05) is 25.0 Å². The van der Waals surface area contributed by atoms with Gasteiger partial charge in [0, 0.05) is 44.5 Å². The first-order chi connectivity index (χ1) is 17.9. The average Bonchev–Trinajstić information content (AvgIpc) is 3.73. The Kier molecular flexibility index (Phi) is 8.79. The molecule has 1 aliphatic heterocycles. The molecule has 0 N–H and O–H groups in total. The van der Waals surface area contributed by atoms with E-state index in [1.165, 1.54) is 19.3 Å². The van der Waals surface area contributed by atoms with Gasteiger partial charge in [0.25, 0.3) is 0 Å². The summed E-state index contributed by atoms with van der Waals surface area (Å²) in [6.07, 6.45) is 6.09. The van der Waals surface area contributed by atoms with Gasteiger partial charge in [-0.05, 0) is 48.9 Å². The van der Waals surface area contributed by atoms with Crippen LogP contribution >= 0.6 is 0 Å². The molecule has 2 aromatic rings. The van der Waals surface area contributed by atoms with Crippen molar-refractivity contribution in [1.29, 1.82) is 0 Å². The van der Waals surface area contributed by atoms with E-state index in [2.05, 4.69) is 0 Å². The number of anilines is 1. The summed E-state index contributed by atoms with van der Waals surface area (Å²) in [6, 6.07) is 11.4. The standard InChI is InChI=1S/C29H39N3O5/c1-30(2)28(33)18-22-10-11-23(26(17-22)36-4)20-31-14-6-15-32(29(31)34)24-12-13-25(35-3)27(19-24)37-16-5-7-21-8-9-21/h10-13,17,19,21H,5-9,14-16,18,20H2,1-4H3. The van der Waals surface area contributed by atoms with Crippen LogP contribution in [0, 0.1) is 5.92 Å². The third kappa shape index (κ3) is 6.87. The van der Waals surface area contributed by atoms with Crippen LogP contribution in [0.4, 0.5) is 10.5 Å². The lowest BCUT2D eigenvalue weighted by Crippen LogP contribution is -2.49. The van der Waals surface area contributed by atoms with Crippen molar-refractivity contribution in [1.82, 2.24) is 9.80 Å². The number of likely N-dealkylation sites (N-methyl/N-ethyl adjacent to an activating group) is 1. The van der Waals surface area contributed by atoms with Gasteiger partial charge in [0.15, 0.2) is 11.5 Å². The second-order valence-corrected chi connectivity index (χ2v) is 10.1. The third-order valence-electron chi connectivity index (χ3n) is 7.05. The molecule has 0 aromatic heterocycles. The first-order valence-corrected chi connectivity index (χ1v) is 13.1. The Labute approximate surface area is 220 Å². The number of nitrogens with zero attached hydrogens (tertiary/aromatic N) is 3. The van der Waals surface area contributed by atoms with Crippen molar-refractivity contribution in [2.75, 3.05) is 52.9 Å². The zero-order valence-corrected chi connectivity index (χ0v) is 22.5. The predicted molar refractivity (Wildman–Crippen MR) is 144 cm³/mol. The topological polar surface area (TPSA) is 71.6 Å². The van der Waals surface area contributed by atoms with Crippen molar-refractivity contribution < 1.29 is 23.8 Å². The molecule has 8 nitrogen and oxygen atoms in total. The molecule has 0 spiro atoms. The van der Waals surface area contributed by atoms with Gasteiger partial charge < -0.3 is 24.0 Å². The Morgan fingerprint density at radius 2 is 1.78 bits per heavy atom. The number of hydrogen-bond donors (Lipinski definition) is 0. The van der Waals surface area contributed by atoms with E-state index < -0.39 is 0 Å². The molecule has 3 amide bonds. The van der Waals surface area contributed by atoms with Gasteiger partial charge in [-0.25, -0.2) is 4.79 Å². The van der Waals surface area contributed by atoms with E-state index in [9.17, 15) is 9.59 Å². The molecule has 2 fully saturated rings. The molecule has 37 heavy (non-hydrogen) atoms. The maximum absolute atomic E-state index is 13.5. The monoisotopic (exact) mass is 509 g/mol. The SMILES string of the molecule is COc1cc(CC(=O)N(C)C)ccc1CN1CCCN(c2ccc(OC)c(OCCCC3CC3)c2)C1=O. The molecule has 2 aliphatic rings. The van der Waals surface area contributed by atoms with Gasteiger partial charge in [0.2, 0.25) is 5.91 Å². The molecule has 0 atom stereocenters. The summed E-state index contributed by atoms with van der Waals surface area (Å²) in [4.78, 5) is 30.8. The van der Waals surface area contributed by atoms with Crippen molar-refractivity contribution in [3.63, 3.8) is 0 Å². The minimum absolute atomic E-state index is 0.0300. The Bertz CT molecular complexity index is 1100. The number of hydrogen-bond acceptors (Lipinski definition) is 5. The Hall–Kier alpha value is -3.42. The highest BCUT2D eigenvalue weighted by molar-refractivity contribution is 5.93. The molecule has 0 bridgehead atoms. The first-order valence-electron chi connectivity index (χ1n) is 13.1. The summed E-state index contributed by atoms with van der Waals surface area (Å²) >= 11 is 0. The Balaban J connectivity index is 1.44. The van der Waals surface area contributed by atoms with Crippen molar-refractivity contribution in [2.45, 2.75) is 45.1 Å². The lowest BCUT2D eigenvalue weighted by Gasteiger charge is -2.36. The van der Waals surface area contributed by atoms with Crippen LogP contribution in [0.15, 0.2) is 36.4 Å². The van der Waals surface area contributed by atoms with E-state index in [1.807, 2.05) is 41.3 Å². The molecule has 1 saturated carbocycles. The van der Waals surface area contributed by atoms with Crippen LogP contribution in [0.1, 0.15) is 43.2 Å². The van der Waals surface area contributed by atoms with E-state index in [4.69, 9.17) is 14.2 Å². The zero-order valence-electron chi connectivity index (χ0n) is 22.5. The van der Waals surface area contributed by atoms with Crippen molar-refractivity contribution in [3.05, 3.63) is 47.5 Å². The van der Waals surface area contributed by atoms with E-state index >= 15 is 0 Å². The second-order valence-electron chi connectivity index (χ2n) is 10.1. The van der Waals surface area contributed by atoms with Gasteiger partial charge in [-0.3, -0.25) is 9.69 Å². The molecule has 1 aliphatic carbocycles. The Morgan fingerprint density at radius 3 is 2.49 bits per heavy atom. The predicted octanol–water partition coefficient (Wildman–Crippen LogP) is 4.74. The van der Waals surface area contributed by atoms with Crippen LogP contribution in [-0.2, 0) is 17.8 Å². The zero-order chi connectivity index (χ0) is 26.4. The van der Waals surface area contributed by atoms with E-state index in [1.54, 1.807) is 38.1 Å². The second kappa shape index (κ2) is 12.2. The van der Waals surface area contributed by atoms with Crippen LogP contribution in [0.25, 0.3) is 0 Å². The van der Waals surface area contributed by atoms with Crippen LogP contribution in [0.2, 0.25) is 0 Å².